The van der Waals surface area contributed by atoms with Crippen LogP contribution in [0, 0.1) is 0 Å². The van der Waals surface area contributed by atoms with Crippen molar-refractivity contribution < 1.29 is 9.53 Å². The maximum atomic E-state index is 11.3. The standard InChI is InChI=1S/C12H13N3O2/c1-17-12(16)11(13)9-3-5-10(6-4-9)15-8-2-7-14-15/h2-8,11H,13H2,1H3. The number of methoxy groups -OCH3 is 1. The Morgan fingerprint density at radius 2 is 2.12 bits per heavy atom. The van der Waals surface area contributed by atoms with Crippen molar-refractivity contribution in [3.8, 4) is 5.69 Å². The summed E-state index contributed by atoms with van der Waals surface area (Å²) in [6.07, 6.45) is 3.54. The minimum absolute atomic E-state index is 0.447. The molecule has 0 aliphatic rings. The van der Waals surface area contributed by atoms with E-state index in [1.165, 1.54) is 7.11 Å². The molecule has 1 atom stereocenters. The predicted octanol–water partition coefficient (Wildman–Crippen LogP) is 1.05. The summed E-state index contributed by atoms with van der Waals surface area (Å²) in [7, 11) is 1.32. The van der Waals surface area contributed by atoms with Crippen LogP contribution in [0.15, 0.2) is 42.7 Å². The number of hydrogen-bond donors (Lipinski definition) is 1. The molecule has 2 rings (SSSR count). The highest BCUT2D eigenvalue weighted by molar-refractivity contribution is 5.77. The number of nitrogens with zero attached hydrogens (tertiary/aromatic N) is 2. The third-order valence-electron chi connectivity index (χ3n) is 2.48. The monoisotopic (exact) mass is 231 g/mol. The molecule has 17 heavy (non-hydrogen) atoms. The van der Waals surface area contributed by atoms with Crippen LogP contribution < -0.4 is 5.73 Å². The molecule has 0 amide bonds. The van der Waals surface area contributed by atoms with Gasteiger partial charge in [-0.1, -0.05) is 12.1 Å². The van der Waals surface area contributed by atoms with Gasteiger partial charge < -0.3 is 10.5 Å². The van der Waals surface area contributed by atoms with E-state index in [1.807, 2.05) is 24.4 Å². The summed E-state index contributed by atoms with van der Waals surface area (Å²) in [5.74, 6) is -0.447. The second kappa shape index (κ2) is 4.80. The molecule has 1 unspecified atom stereocenters. The minimum Gasteiger partial charge on any atom is -0.468 e. The van der Waals surface area contributed by atoms with E-state index in [0.29, 0.717) is 5.56 Å². The summed E-state index contributed by atoms with van der Waals surface area (Å²) in [6.45, 7) is 0. The van der Waals surface area contributed by atoms with Gasteiger partial charge in [0.15, 0.2) is 0 Å². The summed E-state index contributed by atoms with van der Waals surface area (Å²) >= 11 is 0. The van der Waals surface area contributed by atoms with Gasteiger partial charge in [0.2, 0.25) is 0 Å². The zero-order valence-corrected chi connectivity index (χ0v) is 9.41. The molecule has 1 aromatic carbocycles. The normalized spacial score (nSPS) is 12.1. The number of aromatic nitrogens is 2. The highest BCUT2D eigenvalue weighted by Gasteiger charge is 2.15. The van der Waals surface area contributed by atoms with Crippen molar-refractivity contribution in [3.63, 3.8) is 0 Å². The molecule has 88 valence electrons. The van der Waals surface area contributed by atoms with Crippen molar-refractivity contribution in [1.82, 2.24) is 9.78 Å². The van der Waals surface area contributed by atoms with E-state index in [2.05, 4.69) is 9.84 Å². The lowest BCUT2D eigenvalue weighted by Gasteiger charge is -2.10. The number of ether oxygens (including phenoxy) is 1. The van der Waals surface area contributed by atoms with E-state index in [4.69, 9.17) is 5.73 Å². The Morgan fingerprint density at radius 1 is 1.41 bits per heavy atom. The lowest BCUT2D eigenvalue weighted by molar-refractivity contribution is -0.142. The van der Waals surface area contributed by atoms with Gasteiger partial charge in [-0.3, -0.25) is 4.79 Å². The smallest absolute Gasteiger partial charge is 0.327 e. The van der Waals surface area contributed by atoms with Gasteiger partial charge >= 0.3 is 5.97 Å². The van der Waals surface area contributed by atoms with Gasteiger partial charge in [-0.25, -0.2) is 4.68 Å². The van der Waals surface area contributed by atoms with Crippen LogP contribution in [-0.2, 0) is 9.53 Å². The van der Waals surface area contributed by atoms with Crippen LogP contribution in [0.3, 0.4) is 0 Å². The molecular weight excluding hydrogens is 218 g/mol. The van der Waals surface area contributed by atoms with Crippen LogP contribution in [0.25, 0.3) is 5.69 Å². The largest absolute Gasteiger partial charge is 0.468 e. The number of benzene rings is 1. The average Bonchev–Trinajstić information content (AvgIpc) is 2.91. The Balaban J connectivity index is 2.21. The number of nitrogens with two attached hydrogens (primary N) is 1. The summed E-state index contributed by atoms with van der Waals surface area (Å²) in [5, 5.41) is 4.11. The van der Waals surface area contributed by atoms with Gasteiger partial charge in [0.05, 0.1) is 12.8 Å². The molecule has 5 heteroatoms. The highest BCUT2D eigenvalue weighted by atomic mass is 16.5. The topological polar surface area (TPSA) is 70.1 Å². The quantitative estimate of drug-likeness (QED) is 0.801. The Kier molecular flexibility index (Phi) is 3.20. The highest BCUT2D eigenvalue weighted by Crippen LogP contribution is 2.14. The predicted molar refractivity (Wildman–Crippen MR) is 62.5 cm³/mol. The van der Waals surface area contributed by atoms with Crippen molar-refractivity contribution in [1.29, 1.82) is 0 Å². The number of carbonyl (C=O) groups is 1. The van der Waals surface area contributed by atoms with Gasteiger partial charge in [0, 0.05) is 12.4 Å². The Hall–Kier alpha value is -2.14. The van der Waals surface area contributed by atoms with E-state index in [1.54, 1.807) is 23.0 Å². The Bertz CT molecular complexity index is 491. The number of hydrogen-bond acceptors (Lipinski definition) is 4. The van der Waals surface area contributed by atoms with Crippen LogP contribution in [0.4, 0.5) is 0 Å². The van der Waals surface area contributed by atoms with Crippen LogP contribution in [0.2, 0.25) is 0 Å². The maximum Gasteiger partial charge on any atom is 0.327 e. The number of rotatable bonds is 3. The molecule has 0 bridgehead atoms. The average molecular weight is 231 g/mol. The van der Waals surface area contributed by atoms with Gasteiger partial charge in [0.1, 0.15) is 6.04 Å². The fraction of sp³-hybridized carbons (Fsp3) is 0.167. The summed E-state index contributed by atoms with van der Waals surface area (Å²) in [5.41, 5.74) is 7.35. The Morgan fingerprint density at radius 3 is 2.65 bits per heavy atom. The van der Waals surface area contributed by atoms with E-state index in [9.17, 15) is 4.79 Å². The van der Waals surface area contributed by atoms with E-state index in [0.717, 1.165) is 5.69 Å². The number of carbonyl (C=O) groups excluding carboxylic acids is 1. The SMILES string of the molecule is COC(=O)C(N)c1ccc(-n2cccn2)cc1. The third kappa shape index (κ3) is 2.34. The van der Waals surface area contributed by atoms with Crippen LogP contribution >= 0.6 is 0 Å². The fourth-order valence-corrected chi connectivity index (χ4v) is 1.52. The molecule has 1 heterocycles. The first-order valence-corrected chi connectivity index (χ1v) is 5.16. The van der Waals surface area contributed by atoms with Crippen LogP contribution in [0.1, 0.15) is 11.6 Å². The molecule has 0 saturated heterocycles. The third-order valence-corrected chi connectivity index (χ3v) is 2.48. The molecule has 0 aliphatic carbocycles. The van der Waals surface area contributed by atoms with Crippen LogP contribution in [0.5, 0.6) is 0 Å². The van der Waals surface area contributed by atoms with Crippen LogP contribution in [-0.4, -0.2) is 22.9 Å². The van der Waals surface area contributed by atoms with Gasteiger partial charge in [-0.15, -0.1) is 0 Å². The summed E-state index contributed by atoms with van der Waals surface area (Å²) in [4.78, 5) is 11.3. The molecule has 0 spiro atoms. The molecule has 2 aromatic rings. The second-order valence-electron chi connectivity index (χ2n) is 3.54. The second-order valence-corrected chi connectivity index (χ2v) is 3.54. The molecule has 2 N–H and O–H groups in total. The van der Waals surface area contributed by atoms with E-state index < -0.39 is 12.0 Å². The molecule has 0 radical (unpaired) electrons. The molecular formula is C12H13N3O2. The summed E-state index contributed by atoms with van der Waals surface area (Å²) < 4.78 is 6.32. The maximum absolute atomic E-state index is 11.3. The molecule has 1 aromatic heterocycles. The lowest BCUT2D eigenvalue weighted by Crippen LogP contribution is -2.22. The lowest BCUT2D eigenvalue weighted by atomic mass is 10.1. The van der Waals surface area contributed by atoms with E-state index in [-0.39, 0.29) is 0 Å². The zero-order valence-electron chi connectivity index (χ0n) is 9.41. The molecule has 0 saturated carbocycles. The first-order chi connectivity index (χ1) is 8.22. The first kappa shape index (κ1) is 11.3. The van der Waals surface area contributed by atoms with Crippen molar-refractivity contribution in [3.05, 3.63) is 48.3 Å². The fourth-order valence-electron chi connectivity index (χ4n) is 1.52. The molecule has 0 aliphatic heterocycles. The van der Waals surface area contributed by atoms with Crippen molar-refractivity contribution >= 4 is 5.97 Å². The van der Waals surface area contributed by atoms with Crippen molar-refractivity contribution in [2.45, 2.75) is 6.04 Å². The Labute approximate surface area is 98.8 Å². The van der Waals surface area contributed by atoms with Gasteiger partial charge in [0.25, 0.3) is 0 Å². The molecule has 5 nitrogen and oxygen atoms in total. The van der Waals surface area contributed by atoms with Gasteiger partial charge in [-0.2, -0.15) is 5.10 Å². The molecule has 0 fully saturated rings. The van der Waals surface area contributed by atoms with Gasteiger partial charge in [-0.05, 0) is 23.8 Å². The minimum atomic E-state index is -0.744. The van der Waals surface area contributed by atoms with E-state index >= 15 is 0 Å². The summed E-state index contributed by atoms with van der Waals surface area (Å²) in [6, 6.07) is 8.38. The van der Waals surface area contributed by atoms with Crippen molar-refractivity contribution in [2.24, 2.45) is 5.73 Å². The first-order valence-electron chi connectivity index (χ1n) is 5.16. The zero-order chi connectivity index (χ0) is 12.3. The van der Waals surface area contributed by atoms with Crippen molar-refractivity contribution in [2.75, 3.05) is 7.11 Å². The number of esters is 1.